The van der Waals surface area contributed by atoms with Crippen molar-refractivity contribution in [1.82, 2.24) is 0 Å². The number of hydrogen-bond donors (Lipinski definition) is 9. The van der Waals surface area contributed by atoms with Gasteiger partial charge in [-0.1, -0.05) is 60.1 Å². The fraction of sp³-hybridized carbons (Fsp3) is 0.953. The van der Waals surface area contributed by atoms with Crippen molar-refractivity contribution in [3.63, 3.8) is 0 Å². The second kappa shape index (κ2) is 14.7. The Balaban J connectivity index is 1.18. The van der Waals surface area contributed by atoms with Crippen molar-refractivity contribution in [2.75, 3.05) is 19.8 Å². The van der Waals surface area contributed by atoms with E-state index in [9.17, 15) is 46.0 Å². The van der Waals surface area contributed by atoms with Gasteiger partial charge >= 0.3 is 0 Å². The third-order valence-electron chi connectivity index (χ3n) is 17.7. The van der Waals surface area contributed by atoms with E-state index in [0.717, 1.165) is 38.5 Å². The van der Waals surface area contributed by atoms with Crippen molar-refractivity contribution in [1.29, 1.82) is 0 Å². The summed E-state index contributed by atoms with van der Waals surface area (Å²) < 4.78 is 24.5. The summed E-state index contributed by atoms with van der Waals surface area (Å²) in [5, 5.41) is 97.9. The molecule has 2 heterocycles. The van der Waals surface area contributed by atoms with Crippen LogP contribution in [0.1, 0.15) is 107 Å². The quantitative estimate of drug-likeness (QED) is 0.133. The monoisotopic (exact) mass is 796 g/mol. The number of fused-ring (bicyclic) bond motifs is 7. The van der Waals surface area contributed by atoms with Crippen LogP contribution in [-0.4, -0.2) is 139 Å². The van der Waals surface area contributed by atoms with Crippen molar-refractivity contribution in [3.05, 3.63) is 11.6 Å². The Kier molecular flexibility index (Phi) is 11.4. The summed E-state index contributed by atoms with van der Waals surface area (Å²) in [4.78, 5) is 0. The zero-order chi connectivity index (χ0) is 41.1. The lowest BCUT2D eigenvalue weighted by Crippen LogP contribution is -2.69. The van der Waals surface area contributed by atoms with Crippen LogP contribution in [0.3, 0.4) is 0 Å². The summed E-state index contributed by atoms with van der Waals surface area (Å²) in [5.74, 6) is 0.568. The molecule has 2 aliphatic heterocycles. The van der Waals surface area contributed by atoms with Gasteiger partial charge in [0, 0.05) is 10.8 Å². The van der Waals surface area contributed by atoms with Crippen molar-refractivity contribution >= 4 is 0 Å². The van der Waals surface area contributed by atoms with Crippen LogP contribution in [0.4, 0.5) is 0 Å². The predicted molar refractivity (Wildman–Crippen MR) is 203 cm³/mol. The van der Waals surface area contributed by atoms with Crippen LogP contribution < -0.4 is 0 Å². The average molecular weight is 797 g/mol. The SMILES string of the molecule is C[C@@H]1C=C2[C@@H]3CC(C)(C)CC[C@]3(CO)[C@@H](O)C[C@@]2(C)[C@]2(C)CC[C@H]3[C@](C)(CO)[C@@H](O[C@@H]4O[C@H](C)[C@H](O)[C@H](O)[C@H]4O[C@@H]4O[C@H](CO)[C@@H](O)[C@H](O)[C@H]4O)CC[C@]3(C)[C@@H]12. The maximum Gasteiger partial charge on any atom is 0.187 e. The maximum absolute atomic E-state index is 12.1. The van der Waals surface area contributed by atoms with E-state index < -0.39 is 91.1 Å². The van der Waals surface area contributed by atoms with Crippen LogP contribution in [0, 0.1) is 56.2 Å². The van der Waals surface area contributed by atoms with E-state index in [1.807, 2.05) is 0 Å². The molecule has 7 aliphatic rings. The second-order valence-electron chi connectivity index (χ2n) is 21.2. The van der Waals surface area contributed by atoms with Gasteiger partial charge in [-0.05, 0) is 104 Å². The predicted octanol–water partition coefficient (Wildman–Crippen LogP) is 2.01. The first kappa shape index (κ1) is 43.3. The number of hydrogen-bond acceptors (Lipinski definition) is 13. The summed E-state index contributed by atoms with van der Waals surface area (Å²) in [6.07, 6.45) is -6.58. The van der Waals surface area contributed by atoms with Gasteiger partial charge in [0.15, 0.2) is 12.6 Å². The first-order valence-corrected chi connectivity index (χ1v) is 21.3. The van der Waals surface area contributed by atoms with Crippen LogP contribution >= 0.6 is 0 Å². The van der Waals surface area contributed by atoms with Gasteiger partial charge in [0.25, 0.3) is 0 Å². The summed E-state index contributed by atoms with van der Waals surface area (Å²) in [7, 11) is 0. The Hall–Kier alpha value is -0.780. The number of aliphatic hydroxyl groups is 9. The average Bonchev–Trinajstić information content (AvgIpc) is 3.14. The van der Waals surface area contributed by atoms with E-state index in [1.165, 1.54) is 5.57 Å². The highest BCUT2D eigenvalue weighted by Crippen LogP contribution is 2.76. The van der Waals surface area contributed by atoms with E-state index in [4.69, 9.17) is 18.9 Å². The van der Waals surface area contributed by atoms with Gasteiger partial charge in [-0.15, -0.1) is 0 Å². The highest BCUT2D eigenvalue weighted by molar-refractivity contribution is 5.36. The summed E-state index contributed by atoms with van der Waals surface area (Å²) in [6, 6.07) is 0. The van der Waals surface area contributed by atoms with E-state index in [2.05, 4.69) is 54.5 Å². The molecule has 0 aromatic heterocycles. The van der Waals surface area contributed by atoms with Gasteiger partial charge < -0.3 is 64.9 Å². The molecule has 6 fully saturated rings. The van der Waals surface area contributed by atoms with Crippen LogP contribution in [0.5, 0.6) is 0 Å². The Morgan fingerprint density at radius 1 is 0.714 bits per heavy atom. The standard InChI is InChI=1S/C43H72O13/c1-21-15-23-24-16-38(3,4)13-14-43(24,20-46)27(47)17-42(23,8)41(7)12-9-26-39(5,35(21)41)11-10-28(40(26,6)19-45)55-37-34(32(51)29(48)22(2)53-37)56-36-33(52)31(50)30(49)25(18-44)54-36/h15,21-22,24-37,44-52H,9-14,16-20H2,1-8H3/t21-,22-,24+,25-,26-,27+,28+,29+,30-,31+,32+,33-,34-,35-,36+,37+,39+,40+,41-,42-,43-/m1/s1. The lowest BCUT2D eigenvalue weighted by molar-refractivity contribution is -0.377. The Labute approximate surface area is 332 Å². The molecule has 0 radical (unpaired) electrons. The number of aliphatic hydroxyl groups excluding tert-OH is 9. The fourth-order valence-corrected chi connectivity index (χ4v) is 14.3. The molecule has 0 aromatic carbocycles. The van der Waals surface area contributed by atoms with E-state index in [-0.39, 0.29) is 58.5 Å². The molecule has 0 amide bonds. The maximum atomic E-state index is 12.1. The lowest BCUT2D eigenvalue weighted by atomic mass is 9.32. The molecular weight excluding hydrogens is 724 g/mol. The van der Waals surface area contributed by atoms with Crippen molar-refractivity contribution in [2.24, 2.45) is 56.2 Å². The molecular formula is C43H72O13. The highest BCUT2D eigenvalue weighted by Gasteiger charge is 2.71. The molecule has 7 rings (SSSR count). The molecule has 0 spiro atoms. The molecule has 322 valence electrons. The zero-order valence-corrected chi connectivity index (χ0v) is 34.8. The van der Waals surface area contributed by atoms with E-state index in [1.54, 1.807) is 6.92 Å². The van der Waals surface area contributed by atoms with Crippen molar-refractivity contribution < 1.29 is 64.9 Å². The minimum atomic E-state index is -1.74. The Bertz CT molecular complexity index is 1470. The molecule has 13 heteroatoms. The van der Waals surface area contributed by atoms with E-state index >= 15 is 0 Å². The molecule has 5 aliphatic carbocycles. The number of allylic oxidation sites excluding steroid dienone is 2. The van der Waals surface area contributed by atoms with Crippen LogP contribution in [0.15, 0.2) is 11.6 Å². The first-order chi connectivity index (χ1) is 26.1. The summed E-state index contributed by atoms with van der Waals surface area (Å²) >= 11 is 0. The smallest absolute Gasteiger partial charge is 0.187 e. The number of rotatable bonds is 7. The Morgan fingerprint density at radius 3 is 2.05 bits per heavy atom. The lowest BCUT2D eigenvalue weighted by Gasteiger charge is -2.73. The summed E-state index contributed by atoms with van der Waals surface area (Å²) in [6.45, 7) is 17.0. The van der Waals surface area contributed by atoms with Crippen LogP contribution in [0.25, 0.3) is 0 Å². The largest absolute Gasteiger partial charge is 0.396 e. The normalized spacial score (nSPS) is 56.9. The van der Waals surface area contributed by atoms with E-state index in [0.29, 0.717) is 12.8 Å². The third kappa shape index (κ3) is 6.18. The van der Waals surface area contributed by atoms with Crippen LogP contribution in [0.2, 0.25) is 0 Å². The van der Waals surface area contributed by atoms with Gasteiger partial charge in [0.05, 0.1) is 38.1 Å². The number of ether oxygens (including phenoxy) is 4. The molecule has 9 N–H and O–H groups in total. The third-order valence-corrected chi connectivity index (χ3v) is 17.7. The minimum absolute atomic E-state index is 0.0131. The van der Waals surface area contributed by atoms with Gasteiger partial charge in [0.1, 0.15) is 42.7 Å². The molecule has 21 atom stereocenters. The van der Waals surface area contributed by atoms with Gasteiger partial charge in [0.2, 0.25) is 0 Å². The highest BCUT2D eigenvalue weighted by atomic mass is 16.8. The van der Waals surface area contributed by atoms with Gasteiger partial charge in [-0.3, -0.25) is 0 Å². The summed E-state index contributed by atoms with van der Waals surface area (Å²) in [5.41, 5.74) is -0.415. The molecule has 13 nitrogen and oxygen atoms in total. The second-order valence-corrected chi connectivity index (χ2v) is 21.2. The van der Waals surface area contributed by atoms with Crippen molar-refractivity contribution in [3.8, 4) is 0 Å². The van der Waals surface area contributed by atoms with Gasteiger partial charge in [-0.25, -0.2) is 0 Å². The fourth-order valence-electron chi connectivity index (χ4n) is 14.3. The van der Waals surface area contributed by atoms with Gasteiger partial charge in [-0.2, -0.15) is 0 Å². The zero-order valence-electron chi connectivity index (χ0n) is 34.8. The van der Waals surface area contributed by atoms with Crippen molar-refractivity contribution in [2.45, 2.75) is 180 Å². The molecule has 2 saturated heterocycles. The Morgan fingerprint density at radius 2 is 1.41 bits per heavy atom. The molecule has 0 aromatic rings. The molecule has 56 heavy (non-hydrogen) atoms. The van der Waals surface area contributed by atoms with Crippen LogP contribution in [-0.2, 0) is 18.9 Å². The molecule has 0 unspecified atom stereocenters. The molecule has 4 saturated carbocycles. The minimum Gasteiger partial charge on any atom is -0.396 e. The molecule has 0 bridgehead atoms. The topological polar surface area (TPSA) is 219 Å². The first-order valence-electron chi connectivity index (χ1n) is 21.3.